The molecule has 0 saturated heterocycles. The van der Waals surface area contributed by atoms with Crippen molar-refractivity contribution in [3.63, 3.8) is 0 Å². The van der Waals surface area contributed by atoms with Crippen molar-refractivity contribution in [2.75, 3.05) is 12.4 Å². The van der Waals surface area contributed by atoms with Crippen molar-refractivity contribution in [3.8, 4) is 5.75 Å². The van der Waals surface area contributed by atoms with E-state index >= 15 is 0 Å². The molecule has 0 aliphatic carbocycles. The molecular formula is C16H17NO. The summed E-state index contributed by atoms with van der Waals surface area (Å²) in [7, 11) is 1.73. The largest absolute Gasteiger partial charge is 0.496 e. The van der Waals surface area contributed by atoms with Crippen molar-refractivity contribution < 1.29 is 4.74 Å². The Morgan fingerprint density at radius 2 is 1.94 bits per heavy atom. The third-order valence-corrected chi connectivity index (χ3v) is 3.66. The molecule has 1 aliphatic rings. The van der Waals surface area contributed by atoms with Gasteiger partial charge in [-0.25, -0.2) is 0 Å². The standard InChI is InChI=1S/C16H17NO/c1-11-6-5-8-14-13(11)10-15(17-14)12-7-3-4-9-16(12)18-2/h3-9,15,17H,10H2,1-2H3. The Bertz CT molecular complexity index is 577. The van der Waals surface area contributed by atoms with Crippen LogP contribution in [-0.2, 0) is 6.42 Å². The summed E-state index contributed by atoms with van der Waals surface area (Å²) in [4.78, 5) is 0. The number of rotatable bonds is 2. The molecule has 2 nitrogen and oxygen atoms in total. The van der Waals surface area contributed by atoms with Crippen LogP contribution < -0.4 is 10.1 Å². The number of aryl methyl sites for hydroxylation is 1. The number of anilines is 1. The summed E-state index contributed by atoms with van der Waals surface area (Å²) in [6.45, 7) is 2.17. The number of hydrogen-bond donors (Lipinski definition) is 1. The molecule has 1 N–H and O–H groups in total. The molecule has 2 aromatic carbocycles. The van der Waals surface area contributed by atoms with Crippen LogP contribution >= 0.6 is 0 Å². The second-order valence-corrected chi connectivity index (χ2v) is 4.74. The van der Waals surface area contributed by atoms with Crippen LogP contribution in [0.1, 0.15) is 22.7 Å². The molecule has 1 unspecified atom stereocenters. The zero-order valence-corrected chi connectivity index (χ0v) is 10.7. The SMILES string of the molecule is COc1ccccc1C1Cc2c(C)cccc2N1. The molecule has 0 aromatic heterocycles. The Morgan fingerprint density at radius 1 is 1.11 bits per heavy atom. The number of fused-ring (bicyclic) bond motifs is 1. The third-order valence-electron chi connectivity index (χ3n) is 3.66. The maximum atomic E-state index is 5.45. The Balaban J connectivity index is 1.96. The molecule has 0 radical (unpaired) electrons. The number of ether oxygens (including phenoxy) is 1. The quantitative estimate of drug-likeness (QED) is 0.862. The predicted molar refractivity (Wildman–Crippen MR) is 74.2 cm³/mol. The number of para-hydroxylation sites is 1. The van der Waals surface area contributed by atoms with Gasteiger partial charge in [0, 0.05) is 11.3 Å². The third kappa shape index (κ3) is 1.74. The van der Waals surface area contributed by atoms with Gasteiger partial charge < -0.3 is 10.1 Å². The van der Waals surface area contributed by atoms with Gasteiger partial charge in [-0.05, 0) is 36.6 Å². The van der Waals surface area contributed by atoms with Crippen molar-refractivity contribution >= 4 is 5.69 Å². The summed E-state index contributed by atoms with van der Waals surface area (Å²) in [5.74, 6) is 0.959. The molecule has 1 heterocycles. The van der Waals surface area contributed by atoms with E-state index in [1.54, 1.807) is 7.11 Å². The van der Waals surface area contributed by atoms with E-state index in [4.69, 9.17) is 4.74 Å². The lowest BCUT2D eigenvalue weighted by molar-refractivity contribution is 0.407. The van der Waals surface area contributed by atoms with E-state index in [1.165, 1.54) is 22.4 Å². The van der Waals surface area contributed by atoms with Gasteiger partial charge in [0.05, 0.1) is 13.2 Å². The summed E-state index contributed by atoms with van der Waals surface area (Å²) in [5.41, 5.74) is 5.27. The molecule has 1 atom stereocenters. The summed E-state index contributed by atoms with van der Waals surface area (Å²) in [6.07, 6.45) is 1.03. The van der Waals surface area contributed by atoms with Crippen LogP contribution in [0.5, 0.6) is 5.75 Å². The number of hydrogen-bond acceptors (Lipinski definition) is 2. The van der Waals surface area contributed by atoms with E-state index in [0.717, 1.165) is 12.2 Å². The molecule has 0 fully saturated rings. The molecule has 2 aromatic rings. The highest BCUT2D eigenvalue weighted by molar-refractivity contribution is 5.61. The lowest BCUT2D eigenvalue weighted by Gasteiger charge is -2.15. The molecule has 92 valence electrons. The van der Waals surface area contributed by atoms with Crippen LogP contribution in [0, 0.1) is 6.92 Å². The first-order valence-corrected chi connectivity index (χ1v) is 6.27. The van der Waals surface area contributed by atoms with Gasteiger partial charge in [-0.1, -0.05) is 30.3 Å². The average molecular weight is 239 g/mol. The molecule has 3 rings (SSSR count). The first-order valence-electron chi connectivity index (χ1n) is 6.27. The summed E-state index contributed by atoms with van der Waals surface area (Å²) in [5, 5.41) is 3.59. The number of nitrogens with one attached hydrogen (secondary N) is 1. The zero-order chi connectivity index (χ0) is 12.5. The normalized spacial score (nSPS) is 17.1. The van der Waals surface area contributed by atoms with Gasteiger partial charge in [-0.15, -0.1) is 0 Å². The van der Waals surface area contributed by atoms with Gasteiger partial charge in [0.2, 0.25) is 0 Å². The van der Waals surface area contributed by atoms with Crippen molar-refractivity contribution in [1.29, 1.82) is 0 Å². The molecule has 0 spiro atoms. The van der Waals surface area contributed by atoms with E-state index in [9.17, 15) is 0 Å². The van der Waals surface area contributed by atoms with Gasteiger partial charge in [0.1, 0.15) is 5.75 Å². The fraction of sp³-hybridized carbons (Fsp3) is 0.250. The van der Waals surface area contributed by atoms with E-state index in [-0.39, 0.29) is 0 Å². The Labute approximate surface area is 108 Å². The van der Waals surface area contributed by atoms with Crippen LogP contribution in [0.2, 0.25) is 0 Å². The lowest BCUT2D eigenvalue weighted by Crippen LogP contribution is -2.07. The highest BCUT2D eigenvalue weighted by Gasteiger charge is 2.25. The molecular weight excluding hydrogens is 222 g/mol. The minimum atomic E-state index is 0.317. The van der Waals surface area contributed by atoms with Crippen molar-refractivity contribution in [1.82, 2.24) is 0 Å². The average Bonchev–Trinajstić information content (AvgIpc) is 2.84. The second-order valence-electron chi connectivity index (χ2n) is 4.74. The van der Waals surface area contributed by atoms with E-state index in [0.29, 0.717) is 6.04 Å². The maximum Gasteiger partial charge on any atom is 0.124 e. The number of benzene rings is 2. The lowest BCUT2D eigenvalue weighted by atomic mass is 9.99. The summed E-state index contributed by atoms with van der Waals surface area (Å²) >= 11 is 0. The van der Waals surface area contributed by atoms with Gasteiger partial charge >= 0.3 is 0 Å². The Hall–Kier alpha value is -1.96. The molecule has 0 saturated carbocycles. The fourth-order valence-electron chi connectivity index (χ4n) is 2.69. The highest BCUT2D eigenvalue weighted by atomic mass is 16.5. The minimum Gasteiger partial charge on any atom is -0.496 e. The van der Waals surface area contributed by atoms with Gasteiger partial charge in [-0.3, -0.25) is 0 Å². The molecule has 18 heavy (non-hydrogen) atoms. The van der Waals surface area contributed by atoms with Crippen molar-refractivity contribution in [2.24, 2.45) is 0 Å². The second kappa shape index (κ2) is 4.37. The van der Waals surface area contributed by atoms with Crippen LogP contribution in [-0.4, -0.2) is 7.11 Å². The monoisotopic (exact) mass is 239 g/mol. The van der Waals surface area contributed by atoms with Crippen molar-refractivity contribution in [3.05, 3.63) is 59.2 Å². The van der Waals surface area contributed by atoms with Crippen LogP contribution in [0.4, 0.5) is 5.69 Å². The number of methoxy groups -OCH3 is 1. The maximum absolute atomic E-state index is 5.45. The fourth-order valence-corrected chi connectivity index (χ4v) is 2.69. The van der Waals surface area contributed by atoms with E-state index in [2.05, 4.69) is 42.6 Å². The van der Waals surface area contributed by atoms with E-state index in [1.807, 2.05) is 12.1 Å². The molecule has 2 heteroatoms. The smallest absolute Gasteiger partial charge is 0.124 e. The minimum absolute atomic E-state index is 0.317. The van der Waals surface area contributed by atoms with Crippen molar-refractivity contribution in [2.45, 2.75) is 19.4 Å². The van der Waals surface area contributed by atoms with Crippen LogP contribution in [0.25, 0.3) is 0 Å². The molecule has 1 aliphatic heterocycles. The Kier molecular flexibility index (Phi) is 2.71. The first kappa shape index (κ1) is 11.1. The van der Waals surface area contributed by atoms with Gasteiger partial charge in [0.15, 0.2) is 0 Å². The van der Waals surface area contributed by atoms with Crippen LogP contribution in [0.3, 0.4) is 0 Å². The molecule has 0 amide bonds. The molecule has 0 bridgehead atoms. The van der Waals surface area contributed by atoms with E-state index < -0.39 is 0 Å². The van der Waals surface area contributed by atoms with Crippen LogP contribution in [0.15, 0.2) is 42.5 Å². The Morgan fingerprint density at radius 3 is 2.72 bits per heavy atom. The zero-order valence-electron chi connectivity index (χ0n) is 10.7. The van der Waals surface area contributed by atoms with Gasteiger partial charge in [0.25, 0.3) is 0 Å². The summed E-state index contributed by atoms with van der Waals surface area (Å²) < 4.78 is 5.45. The summed E-state index contributed by atoms with van der Waals surface area (Å²) in [6, 6.07) is 15.0. The highest BCUT2D eigenvalue weighted by Crippen LogP contribution is 2.38. The van der Waals surface area contributed by atoms with Gasteiger partial charge in [-0.2, -0.15) is 0 Å². The first-order chi connectivity index (χ1) is 8.79. The predicted octanol–water partition coefficient (Wildman–Crippen LogP) is 3.71. The topological polar surface area (TPSA) is 21.3 Å².